The van der Waals surface area contributed by atoms with Crippen LogP contribution in [-0.2, 0) is 11.2 Å². The van der Waals surface area contributed by atoms with Crippen molar-refractivity contribution in [2.24, 2.45) is 0 Å². The molecule has 0 unspecified atom stereocenters. The van der Waals surface area contributed by atoms with E-state index < -0.39 is 0 Å². The number of rotatable bonds is 3. The second kappa shape index (κ2) is 12.2. The van der Waals surface area contributed by atoms with E-state index in [0.717, 1.165) is 0 Å². The Bertz CT molecular complexity index is 182. The van der Waals surface area contributed by atoms with E-state index in [2.05, 4.69) is 42.0 Å². The summed E-state index contributed by atoms with van der Waals surface area (Å²) < 4.78 is 4.25. The van der Waals surface area contributed by atoms with E-state index in [4.69, 9.17) is 0 Å². The molecule has 0 aromatic heterocycles. The van der Waals surface area contributed by atoms with Gasteiger partial charge in [-0.15, -0.1) is 0 Å². The van der Waals surface area contributed by atoms with Crippen LogP contribution in [0.1, 0.15) is 32.8 Å². The molecule has 0 spiro atoms. The molecule has 0 N–H and O–H groups in total. The van der Waals surface area contributed by atoms with E-state index in [1.807, 2.05) is 0 Å². The minimum Gasteiger partial charge on any atom is -0.388 e. The first-order valence-corrected chi connectivity index (χ1v) is 4.79. The minimum atomic E-state index is 0. The van der Waals surface area contributed by atoms with Gasteiger partial charge in [0, 0.05) is 14.2 Å². The highest BCUT2D eigenvalue weighted by atomic mass is 16.4. The van der Waals surface area contributed by atoms with E-state index in [9.17, 15) is 0 Å². The van der Waals surface area contributed by atoms with E-state index >= 15 is 0 Å². The standard InChI is InChI=1S/C10H14.C2H6O.CH4/c1-2-3-7-10-8-5-4-6-9-10;1-3-2;/h4-6,8-9H,2-3,7H2,1H3;1-2H3;1H4. The first kappa shape index (κ1) is 15.6. The van der Waals surface area contributed by atoms with Crippen LogP contribution in [0.5, 0.6) is 0 Å². The van der Waals surface area contributed by atoms with Crippen molar-refractivity contribution < 1.29 is 4.74 Å². The molecule has 82 valence electrons. The maximum Gasteiger partial charge on any atom is 0.0351 e. The summed E-state index contributed by atoms with van der Waals surface area (Å²) in [6.45, 7) is 2.23. The van der Waals surface area contributed by atoms with Crippen molar-refractivity contribution in [2.75, 3.05) is 14.2 Å². The number of hydrogen-bond donors (Lipinski definition) is 0. The Labute approximate surface area is 89.1 Å². The number of hydrogen-bond acceptors (Lipinski definition) is 1. The highest BCUT2D eigenvalue weighted by Gasteiger charge is 1.87. The lowest BCUT2D eigenvalue weighted by molar-refractivity contribution is 0.277. The SMILES string of the molecule is C.CCCCc1ccccc1.COC. The minimum absolute atomic E-state index is 0. The van der Waals surface area contributed by atoms with Crippen LogP contribution in [0.3, 0.4) is 0 Å². The van der Waals surface area contributed by atoms with Gasteiger partial charge in [0.15, 0.2) is 0 Å². The van der Waals surface area contributed by atoms with Crippen molar-refractivity contribution in [3.63, 3.8) is 0 Å². The van der Waals surface area contributed by atoms with Crippen molar-refractivity contribution >= 4 is 0 Å². The maximum absolute atomic E-state index is 4.25. The number of methoxy groups -OCH3 is 1. The maximum atomic E-state index is 4.25. The molecular formula is C13H24O. The van der Waals surface area contributed by atoms with Crippen LogP contribution < -0.4 is 0 Å². The summed E-state index contributed by atoms with van der Waals surface area (Å²) in [6, 6.07) is 10.6. The number of benzene rings is 1. The van der Waals surface area contributed by atoms with Crippen LogP contribution in [0.25, 0.3) is 0 Å². The third kappa shape index (κ3) is 9.27. The highest BCUT2D eigenvalue weighted by molar-refractivity contribution is 5.14. The Morgan fingerprint density at radius 3 is 2.00 bits per heavy atom. The molecule has 0 fully saturated rings. The van der Waals surface area contributed by atoms with Gasteiger partial charge in [-0.2, -0.15) is 0 Å². The molecule has 0 aliphatic rings. The summed E-state index contributed by atoms with van der Waals surface area (Å²) in [7, 11) is 3.25. The van der Waals surface area contributed by atoms with Crippen molar-refractivity contribution in [3.8, 4) is 0 Å². The molecular weight excluding hydrogens is 172 g/mol. The molecule has 0 bridgehead atoms. The summed E-state index contributed by atoms with van der Waals surface area (Å²) in [5.41, 5.74) is 1.46. The third-order valence-electron chi connectivity index (χ3n) is 1.66. The summed E-state index contributed by atoms with van der Waals surface area (Å²) in [5, 5.41) is 0. The van der Waals surface area contributed by atoms with Gasteiger partial charge < -0.3 is 4.74 Å². The zero-order valence-electron chi connectivity index (χ0n) is 8.92. The molecule has 14 heavy (non-hydrogen) atoms. The largest absolute Gasteiger partial charge is 0.388 e. The normalized spacial score (nSPS) is 8.21. The summed E-state index contributed by atoms with van der Waals surface area (Å²) >= 11 is 0. The fourth-order valence-electron chi connectivity index (χ4n) is 1.03. The van der Waals surface area contributed by atoms with Gasteiger partial charge >= 0.3 is 0 Å². The van der Waals surface area contributed by atoms with Crippen molar-refractivity contribution in [1.29, 1.82) is 0 Å². The van der Waals surface area contributed by atoms with Crippen molar-refractivity contribution in [2.45, 2.75) is 33.6 Å². The average molecular weight is 196 g/mol. The Balaban J connectivity index is 0. The van der Waals surface area contributed by atoms with Gasteiger partial charge in [0.05, 0.1) is 0 Å². The quantitative estimate of drug-likeness (QED) is 0.711. The van der Waals surface area contributed by atoms with Crippen molar-refractivity contribution in [1.82, 2.24) is 0 Å². The van der Waals surface area contributed by atoms with Gasteiger partial charge in [0.2, 0.25) is 0 Å². The first-order valence-electron chi connectivity index (χ1n) is 4.79. The molecule has 1 aromatic carbocycles. The molecule has 0 atom stereocenters. The summed E-state index contributed by atoms with van der Waals surface area (Å²) in [6.07, 6.45) is 3.83. The van der Waals surface area contributed by atoms with Crippen LogP contribution in [-0.4, -0.2) is 14.2 Å². The molecule has 0 radical (unpaired) electrons. The van der Waals surface area contributed by atoms with Crippen LogP contribution in [0, 0.1) is 0 Å². The molecule has 1 aromatic rings. The van der Waals surface area contributed by atoms with E-state index in [1.165, 1.54) is 24.8 Å². The molecule has 0 saturated heterocycles. The van der Waals surface area contributed by atoms with Crippen molar-refractivity contribution in [3.05, 3.63) is 35.9 Å². The Morgan fingerprint density at radius 2 is 1.57 bits per heavy atom. The molecule has 0 aliphatic heterocycles. The van der Waals surface area contributed by atoms with Crippen LogP contribution in [0.15, 0.2) is 30.3 Å². The van der Waals surface area contributed by atoms with E-state index in [1.54, 1.807) is 14.2 Å². The average Bonchev–Trinajstić information content (AvgIpc) is 2.18. The van der Waals surface area contributed by atoms with E-state index in [0.29, 0.717) is 0 Å². The predicted octanol–water partition coefficient (Wildman–Crippen LogP) is 3.93. The molecule has 1 nitrogen and oxygen atoms in total. The van der Waals surface area contributed by atoms with Crippen LogP contribution >= 0.6 is 0 Å². The summed E-state index contributed by atoms with van der Waals surface area (Å²) in [4.78, 5) is 0. The smallest absolute Gasteiger partial charge is 0.0351 e. The second-order valence-electron chi connectivity index (χ2n) is 3.00. The Morgan fingerprint density at radius 1 is 1.07 bits per heavy atom. The van der Waals surface area contributed by atoms with Gasteiger partial charge in [-0.1, -0.05) is 51.1 Å². The van der Waals surface area contributed by atoms with Gasteiger partial charge in [-0.25, -0.2) is 0 Å². The lowest BCUT2D eigenvalue weighted by Crippen LogP contribution is -1.81. The fourth-order valence-corrected chi connectivity index (χ4v) is 1.03. The molecule has 1 heteroatoms. The Kier molecular flexibility index (Phi) is 13.6. The number of ether oxygens (including phenoxy) is 1. The molecule has 0 saturated carbocycles. The summed E-state index contributed by atoms with van der Waals surface area (Å²) in [5.74, 6) is 0. The zero-order valence-corrected chi connectivity index (χ0v) is 8.92. The molecule has 0 amide bonds. The lowest BCUT2D eigenvalue weighted by Gasteiger charge is -1.96. The van der Waals surface area contributed by atoms with E-state index in [-0.39, 0.29) is 7.43 Å². The second-order valence-corrected chi connectivity index (χ2v) is 3.00. The lowest BCUT2D eigenvalue weighted by atomic mass is 10.1. The van der Waals surface area contributed by atoms with Gasteiger partial charge in [-0.3, -0.25) is 0 Å². The van der Waals surface area contributed by atoms with Crippen LogP contribution in [0.4, 0.5) is 0 Å². The first-order chi connectivity index (χ1) is 6.35. The van der Waals surface area contributed by atoms with Gasteiger partial charge in [-0.05, 0) is 18.4 Å². The molecule has 0 aliphatic carbocycles. The van der Waals surface area contributed by atoms with Gasteiger partial charge in [0.25, 0.3) is 0 Å². The molecule has 1 rings (SSSR count). The number of aryl methyl sites for hydroxylation is 1. The predicted molar refractivity (Wildman–Crippen MR) is 64.7 cm³/mol. The van der Waals surface area contributed by atoms with Gasteiger partial charge in [0.1, 0.15) is 0 Å². The topological polar surface area (TPSA) is 9.23 Å². The fraction of sp³-hybridized carbons (Fsp3) is 0.538. The molecule has 0 heterocycles. The monoisotopic (exact) mass is 196 g/mol. The third-order valence-corrected chi connectivity index (χ3v) is 1.66. The zero-order chi connectivity index (χ0) is 9.94. The Hall–Kier alpha value is -0.820. The van der Waals surface area contributed by atoms with Crippen LogP contribution in [0.2, 0.25) is 0 Å². The highest BCUT2D eigenvalue weighted by Crippen LogP contribution is 2.03. The number of unbranched alkanes of at least 4 members (excludes halogenated alkanes) is 1.